The molecular weight excluding hydrogens is 108 g/mol. The highest BCUT2D eigenvalue weighted by Gasteiger charge is 1.83. The Morgan fingerprint density at radius 1 is 1.50 bits per heavy atom. The van der Waals surface area contributed by atoms with E-state index in [2.05, 4.69) is 0 Å². The molecule has 0 heterocycles. The summed E-state index contributed by atoms with van der Waals surface area (Å²) in [5.41, 5.74) is 0. The summed E-state index contributed by atoms with van der Waals surface area (Å²) in [6, 6.07) is 0. The molecule has 0 saturated heterocycles. The largest absolute Gasteiger partial charge is 0.300 e. The van der Waals surface area contributed by atoms with Crippen LogP contribution in [-0.4, -0.2) is 16.3 Å². The molecule has 3 nitrogen and oxygen atoms in total. The molecule has 0 atom stereocenters. The lowest BCUT2D eigenvalue weighted by atomic mass is 10.3. The van der Waals surface area contributed by atoms with E-state index in [-0.39, 0.29) is 5.78 Å². The van der Waals surface area contributed by atoms with E-state index in [1.54, 1.807) is 6.92 Å². The number of Topliss-reactive ketones (excluding diaryl/α,β-unsaturated/α-hetero) is 1. The summed E-state index contributed by atoms with van der Waals surface area (Å²) in [7, 11) is 0. The van der Waals surface area contributed by atoms with Crippen molar-refractivity contribution >= 4 is 5.78 Å². The first-order chi connectivity index (χ1) is 3.77. The van der Waals surface area contributed by atoms with Crippen molar-refractivity contribution in [2.45, 2.75) is 26.7 Å². The van der Waals surface area contributed by atoms with E-state index < -0.39 is 0 Å². The number of hydrogen-bond acceptors (Lipinski definition) is 3. The van der Waals surface area contributed by atoms with Gasteiger partial charge in [0.1, 0.15) is 5.78 Å². The van der Waals surface area contributed by atoms with Crippen molar-refractivity contribution in [2.24, 2.45) is 0 Å². The van der Waals surface area contributed by atoms with Gasteiger partial charge in [0.15, 0.2) is 0 Å². The van der Waals surface area contributed by atoms with E-state index in [0.717, 1.165) is 12.8 Å². The van der Waals surface area contributed by atoms with Gasteiger partial charge in [0.2, 0.25) is 0 Å². The maximum absolute atomic E-state index is 10.0. The first-order valence-corrected chi connectivity index (χ1v) is 2.46. The predicted octanol–water partition coefficient (Wildman–Crippen LogP) is 1.39. The van der Waals surface area contributed by atoms with Crippen molar-refractivity contribution in [3.05, 3.63) is 0 Å². The van der Waals surface area contributed by atoms with Crippen LogP contribution in [0.15, 0.2) is 0 Å². The minimum absolute atomic E-state index is 0.289. The quantitative estimate of drug-likeness (QED) is 0.427. The summed E-state index contributed by atoms with van der Waals surface area (Å²) in [5, 5.41) is 12.0. The average Bonchev–Trinajstić information content (AvgIpc) is 1.72. The number of ketones is 1. The van der Waals surface area contributed by atoms with Gasteiger partial charge >= 0.3 is 0 Å². The van der Waals surface area contributed by atoms with Crippen molar-refractivity contribution in [1.82, 2.24) is 0 Å². The van der Waals surface area contributed by atoms with Gasteiger partial charge in [0, 0.05) is 6.42 Å². The predicted molar refractivity (Wildman–Crippen MR) is 30.8 cm³/mol. The third-order valence-electron chi connectivity index (χ3n) is 0.602. The van der Waals surface area contributed by atoms with Crippen LogP contribution in [0.1, 0.15) is 26.7 Å². The molecule has 0 aliphatic heterocycles. The van der Waals surface area contributed by atoms with E-state index in [4.69, 9.17) is 10.5 Å². The van der Waals surface area contributed by atoms with E-state index in [1.165, 1.54) is 0 Å². The Hall–Kier alpha value is -0.410. The van der Waals surface area contributed by atoms with Crippen molar-refractivity contribution in [3.8, 4) is 0 Å². The fourth-order valence-corrected chi connectivity index (χ4v) is 0.352. The molecular formula is C5H12O3. The lowest BCUT2D eigenvalue weighted by Gasteiger charge is -1.80. The Morgan fingerprint density at radius 3 is 1.88 bits per heavy atom. The van der Waals surface area contributed by atoms with Gasteiger partial charge in [-0.05, 0) is 13.3 Å². The lowest BCUT2D eigenvalue weighted by molar-refractivity contribution is -0.176. The maximum Gasteiger partial charge on any atom is 0.129 e. The van der Waals surface area contributed by atoms with Crippen LogP contribution >= 0.6 is 0 Å². The molecule has 0 aromatic rings. The van der Waals surface area contributed by atoms with Crippen LogP contribution in [-0.2, 0) is 4.79 Å². The fraction of sp³-hybridized carbons (Fsp3) is 0.800. The van der Waals surface area contributed by atoms with Crippen molar-refractivity contribution < 1.29 is 15.3 Å². The third kappa shape index (κ3) is 17.6. The molecule has 0 amide bonds. The van der Waals surface area contributed by atoms with E-state index in [9.17, 15) is 4.79 Å². The van der Waals surface area contributed by atoms with E-state index >= 15 is 0 Å². The Kier molecular flexibility index (Phi) is 12.9. The van der Waals surface area contributed by atoms with Gasteiger partial charge in [0.05, 0.1) is 0 Å². The molecule has 0 spiro atoms. The molecule has 0 fully saturated rings. The smallest absolute Gasteiger partial charge is 0.129 e. The molecule has 8 heavy (non-hydrogen) atoms. The molecule has 0 aromatic carbocycles. The minimum Gasteiger partial charge on any atom is -0.300 e. The molecule has 0 radical (unpaired) electrons. The zero-order valence-corrected chi connectivity index (χ0v) is 5.22. The summed E-state index contributed by atoms with van der Waals surface area (Å²) in [4.78, 5) is 10.0. The lowest BCUT2D eigenvalue weighted by Crippen LogP contribution is -1.84. The van der Waals surface area contributed by atoms with Gasteiger partial charge < -0.3 is 4.79 Å². The van der Waals surface area contributed by atoms with Gasteiger partial charge in [-0.25, -0.2) is 0 Å². The number of rotatable bonds is 2. The standard InChI is InChI=1S/C5H10O.H2O2/c1-3-4-5(2)6;1-2/h3-4H2,1-2H3;1-2H. The minimum atomic E-state index is 0.289. The summed E-state index contributed by atoms with van der Waals surface area (Å²) < 4.78 is 0. The second-order valence-electron chi connectivity index (χ2n) is 1.45. The summed E-state index contributed by atoms with van der Waals surface area (Å²) in [6.45, 7) is 3.62. The van der Waals surface area contributed by atoms with E-state index in [1.807, 2.05) is 6.92 Å². The molecule has 50 valence electrons. The van der Waals surface area contributed by atoms with E-state index in [0.29, 0.717) is 0 Å². The molecule has 0 aromatic heterocycles. The van der Waals surface area contributed by atoms with Gasteiger partial charge in [-0.3, -0.25) is 10.5 Å². The molecule has 0 bridgehead atoms. The molecule has 0 aliphatic rings. The van der Waals surface area contributed by atoms with Crippen molar-refractivity contribution in [1.29, 1.82) is 0 Å². The monoisotopic (exact) mass is 120 g/mol. The van der Waals surface area contributed by atoms with Crippen LogP contribution in [0.25, 0.3) is 0 Å². The van der Waals surface area contributed by atoms with Gasteiger partial charge in [-0.1, -0.05) is 6.92 Å². The highest BCUT2D eigenvalue weighted by Crippen LogP contribution is 1.84. The van der Waals surface area contributed by atoms with Crippen LogP contribution in [0, 0.1) is 0 Å². The third-order valence-corrected chi connectivity index (χ3v) is 0.602. The highest BCUT2D eigenvalue weighted by molar-refractivity contribution is 5.75. The van der Waals surface area contributed by atoms with Gasteiger partial charge in [0.25, 0.3) is 0 Å². The Labute approximate surface area is 48.9 Å². The molecule has 0 unspecified atom stereocenters. The van der Waals surface area contributed by atoms with Crippen LogP contribution in [0.5, 0.6) is 0 Å². The number of hydrogen-bond donors (Lipinski definition) is 2. The number of carbonyl (C=O) groups is 1. The second kappa shape index (κ2) is 9.77. The molecule has 3 heteroatoms. The zero-order valence-electron chi connectivity index (χ0n) is 5.22. The fourth-order valence-electron chi connectivity index (χ4n) is 0.352. The normalized spacial score (nSPS) is 7.00. The van der Waals surface area contributed by atoms with Crippen molar-refractivity contribution in [2.75, 3.05) is 0 Å². The molecule has 0 saturated carbocycles. The second-order valence-corrected chi connectivity index (χ2v) is 1.45. The van der Waals surface area contributed by atoms with Gasteiger partial charge in [-0.2, -0.15) is 0 Å². The van der Waals surface area contributed by atoms with Crippen LogP contribution in [0.4, 0.5) is 0 Å². The van der Waals surface area contributed by atoms with Crippen LogP contribution < -0.4 is 0 Å². The van der Waals surface area contributed by atoms with Gasteiger partial charge in [-0.15, -0.1) is 0 Å². The number of carbonyl (C=O) groups excluding carboxylic acids is 1. The molecule has 0 aliphatic carbocycles. The SMILES string of the molecule is CCCC(C)=O.OO. The molecule has 0 rings (SSSR count). The Morgan fingerprint density at radius 2 is 1.88 bits per heavy atom. The summed E-state index contributed by atoms with van der Waals surface area (Å²) in [5.74, 6) is 0.289. The Bertz CT molecular complexity index is 51.6. The maximum atomic E-state index is 10.0. The van der Waals surface area contributed by atoms with Crippen LogP contribution in [0.2, 0.25) is 0 Å². The Balaban J connectivity index is 0. The first kappa shape index (κ1) is 10.5. The summed E-state index contributed by atoms with van der Waals surface area (Å²) >= 11 is 0. The van der Waals surface area contributed by atoms with Crippen molar-refractivity contribution in [3.63, 3.8) is 0 Å². The first-order valence-electron chi connectivity index (χ1n) is 2.46. The average molecular weight is 120 g/mol. The molecule has 2 N–H and O–H groups in total. The topological polar surface area (TPSA) is 57.5 Å². The highest BCUT2D eigenvalue weighted by atomic mass is 17.0. The zero-order chi connectivity index (χ0) is 6.99. The summed E-state index contributed by atoms with van der Waals surface area (Å²) in [6.07, 6.45) is 1.72. The van der Waals surface area contributed by atoms with Crippen LogP contribution in [0.3, 0.4) is 0 Å².